The van der Waals surface area contributed by atoms with Gasteiger partial charge in [0.15, 0.2) is 5.78 Å². The van der Waals surface area contributed by atoms with Crippen LogP contribution in [-0.2, 0) is 0 Å². The smallest absolute Gasteiger partial charge is 0.189 e. The number of likely N-dealkylation sites (tertiary alicyclic amines) is 1. The van der Waals surface area contributed by atoms with Gasteiger partial charge in [-0.1, -0.05) is 42.5 Å². The van der Waals surface area contributed by atoms with Crippen LogP contribution in [0.1, 0.15) is 40.2 Å². The molecule has 25 heavy (non-hydrogen) atoms. The molecule has 0 bridgehead atoms. The van der Waals surface area contributed by atoms with Crippen LogP contribution < -0.4 is 4.74 Å². The second kappa shape index (κ2) is 8.13. The lowest BCUT2D eigenvalue weighted by atomic mass is 9.88. The number of allylic oxidation sites excluding steroid dienone is 1. The van der Waals surface area contributed by atoms with Crippen molar-refractivity contribution in [3.8, 4) is 5.75 Å². The lowest BCUT2D eigenvalue weighted by Crippen LogP contribution is -2.29. The largest absolute Gasteiger partial charge is 0.496 e. The van der Waals surface area contributed by atoms with E-state index in [1.165, 1.54) is 5.56 Å². The number of rotatable bonds is 5. The van der Waals surface area contributed by atoms with Gasteiger partial charge in [0.1, 0.15) is 5.75 Å². The van der Waals surface area contributed by atoms with Crippen molar-refractivity contribution in [3.05, 3.63) is 71.3 Å². The molecule has 130 valence electrons. The molecule has 0 amide bonds. The van der Waals surface area contributed by atoms with Crippen LogP contribution in [0.25, 0.3) is 6.08 Å². The number of ketones is 1. The van der Waals surface area contributed by atoms with E-state index in [-0.39, 0.29) is 5.78 Å². The van der Waals surface area contributed by atoms with E-state index in [1.54, 1.807) is 13.2 Å². The van der Waals surface area contributed by atoms with Gasteiger partial charge in [0.05, 0.1) is 12.7 Å². The lowest BCUT2D eigenvalue weighted by Gasteiger charge is -2.29. The summed E-state index contributed by atoms with van der Waals surface area (Å²) < 4.78 is 5.41. The van der Waals surface area contributed by atoms with Crippen molar-refractivity contribution >= 4 is 11.9 Å². The maximum Gasteiger partial charge on any atom is 0.189 e. The fraction of sp³-hybridized carbons (Fsp3) is 0.318. The van der Waals surface area contributed by atoms with E-state index in [4.69, 9.17) is 4.74 Å². The summed E-state index contributed by atoms with van der Waals surface area (Å²) in [5.74, 6) is 1.14. The summed E-state index contributed by atoms with van der Waals surface area (Å²) in [7, 11) is 3.77. The molecule has 1 aliphatic rings. The Morgan fingerprint density at radius 3 is 2.52 bits per heavy atom. The van der Waals surface area contributed by atoms with Gasteiger partial charge in [-0.2, -0.15) is 0 Å². The average molecular weight is 335 g/mol. The quantitative estimate of drug-likeness (QED) is 0.599. The molecule has 0 unspecified atom stereocenters. The summed E-state index contributed by atoms with van der Waals surface area (Å²) >= 11 is 0. The highest BCUT2D eigenvalue weighted by atomic mass is 16.5. The molecule has 2 aromatic rings. The Morgan fingerprint density at radius 2 is 1.84 bits per heavy atom. The minimum absolute atomic E-state index is 0.0181. The molecule has 0 N–H and O–H groups in total. The topological polar surface area (TPSA) is 29.5 Å². The summed E-state index contributed by atoms with van der Waals surface area (Å²) in [6.07, 6.45) is 5.75. The molecular weight excluding hydrogens is 310 g/mol. The van der Waals surface area contributed by atoms with Crippen molar-refractivity contribution in [1.82, 2.24) is 4.90 Å². The fourth-order valence-electron chi connectivity index (χ4n) is 3.34. The van der Waals surface area contributed by atoms with Crippen LogP contribution in [0.4, 0.5) is 0 Å². The molecule has 0 spiro atoms. The molecule has 2 aromatic carbocycles. The summed E-state index contributed by atoms with van der Waals surface area (Å²) in [5, 5.41) is 0. The first-order valence-corrected chi connectivity index (χ1v) is 8.81. The number of carbonyl (C=O) groups is 1. The van der Waals surface area contributed by atoms with Gasteiger partial charge in [0, 0.05) is 0 Å². The van der Waals surface area contributed by atoms with Gasteiger partial charge in [0.25, 0.3) is 0 Å². The van der Waals surface area contributed by atoms with Crippen LogP contribution in [0, 0.1) is 0 Å². The van der Waals surface area contributed by atoms with E-state index in [0.717, 1.165) is 31.5 Å². The first kappa shape index (κ1) is 17.4. The zero-order valence-electron chi connectivity index (χ0n) is 14.9. The minimum atomic E-state index is -0.0181. The number of piperidine rings is 1. The molecule has 3 heteroatoms. The molecule has 1 heterocycles. The summed E-state index contributed by atoms with van der Waals surface area (Å²) in [6.45, 7) is 2.21. The molecule has 0 radical (unpaired) electrons. The molecule has 0 aliphatic carbocycles. The number of hydrogen-bond acceptors (Lipinski definition) is 3. The van der Waals surface area contributed by atoms with E-state index >= 15 is 0 Å². The third kappa shape index (κ3) is 4.37. The minimum Gasteiger partial charge on any atom is -0.496 e. The molecular formula is C22H25NO2. The zero-order valence-corrected chi connectivity index (χ0v) is 14.9. The second-order valence-electron chi connectivity index (χ2n) is 6.65. The van der Waals surface area contributed by atoms with Gasteiger partial charge in [-0.05, 0) is 68.2 Å². The van der Waals surface area contributed by atoms with Crippen molar-refractivity contribution in [2.45, 2.75) is 18.8 Å². The fourth-order valence-corrected chi connectivity index (χ4v) is 3.34. The van der Waals surface area contributed by atoms with Gasteiger partial charge in [-0.3, -0.25) is 4.79 Å². The maximum absolute atomic E-state index is 12.7. The van der Waals surface area contributed by atoms with E-state index in [0.29, 0.717) is 17.2 Å². The number of carbonyl (C=O) groups excluding carboxylic acids is 1. The number of nitrogens with zero attached hydrogens (tertiary/aromatic N) is 1. The summed E-state index contributed by atoms with van der Waals surface area (Å²) in [6, 6.07) is 15.9. The van der Waals surface area contributed by atoms with Crippen molar-refractivity contribution < 1.29 is 9.53 Å². The van der Waals surface area contributed by atoms with E-state index < -0.39 is 0 Å². The Kier molecular flexibility index (Phi) is 5.67. The monoisotopic (exact) mass is 335 g/mol. The van der Waals surface area contributed by atoms with E-state index in [2.05, 4.69) is 18.0 Å². The highest BCUT2D eigenvalue weighted by molar-refractivity contribution is 6.08. The second-order valence-corrected chi connectivity index (χ2v) is 6.65. The molecule has 3 rings (SSSR count). The summed E-state index contributed by atoms with van der Waals surface area (Å²) in [5.41, 5.74) is 2.90. The van der Waals surface area contributed by atoms with Crippen molar-refractivity contribution in [2.24, 2.45) is 0 Å². The van der Waals surface area contributed by atoms with Crippen LogP contribution in [0.5, 0.6) is 5.75 Å². The number of ether oxygens (including phenoxy) is 1. The summed E-state index contributed by atoms with van der Waals surface area (Å²) in [4.78, 5) is 15.1. The predicted octanol–water partition coefficient (Wildman–Crippen LogP) is 4.40. The van der Waals surface area contributed by atoms with Crippen molar-refractivity contribution in [3.63, 3.8) is 0 Å². The van der Waals surface area contributed by atoms with Gasteiger partial charge in [-0.25, -0.2) is 0 Å². The number of methoxy groups -OCH3 is 1. The molecule has 0 atom stereocenters. The van der Waals surface area contributed by atoms with Crippen LogP contribution >= 0.6 is 0 Å². The van der Waals surface area contributed by atoms with Crippen LogP contribution in [-0.4, -0.2) is 37.9 Å². The van der Waals surface area contributed by atoms with E-state index in [9.17, 15) is 4.79 Å². The predicted molar refractivity (Wildman–Crippen MR) is 102 cm³/mol. The first-order chi connectivity index (χ1) is 12.2. The average Bonchev–Trinajstić information content (AvgIpc) is 2.67. The molecule has 1 saturated heterocycles. The third-order valence-corrected chi connectivity index (χ3v) is 4.91. The molecule has 1 fully saturated rings. The Morgan fingerprint density at radius 1 is 1.12 bits per heavy atom. The SMILES string of the molecule is COc1ccc(C2CCN(C)CC2)cc1C(=O)/C=C/c1ccccc1. The van der Waals surface area contributed by atoms with Gasteiger partial charge in [-0.15, -0.1) is 0 Å². The standard InChI is InChI=1S/C22H25NO2/c1-23-14-12-18(13-15-23)19-9-11-22(25-2)20(16-19)21(24)10-8-17-6-4-3-5-7-17/h3-11,16,18H,12-15H2,1-2H3/b10-8+. The first-order valence-electron chi connectivity index (χ1n) is 8.81. The number of benzene rings is 2. The lowest BCUT2D eigenvalue weighted by molar-refractivity contribution is 0.104. The highest BCUT2D eigenvalue weighted by Crippen LogP contribution is 2.31. The molecule has 1 aliphatic heterocycles. The van der Waals surface area contributed by atoms with Gasteiger partial charge >= 0.3 is 0 Å². The Balaban J connectivity index is 1.82. The normalized spacial score (nSPS) is 16.2. The molecule has 3 nitrogen and oxygen atoms in total. The molecule has 0 aromatic heterocycles. The van der Waals surface area contributed by atoms with Gasteiger partial charge in [0.2, 0.25) is 0 Å². The van der Waals surface area contributed by atoms with Crippen LogP contribution in [0.15, 0.2) is 54.6 Å². The number of hydrogen-bond donors (Lipinski definition) is 0. The van der Waals surface area contributed by atoms with Crippen LogP contribution in [0.2, 0.25) is 0 Å². The van der Waals surface area contributed by atoms with Crippen molar-refractivity contribution in [1.29, 1.82) is 0 Å². The highest BCUT2D eigenvalue weighted by Gasteiger charge is 2.20. The zero-order chi connectivity index (χ0) is 17.6. The Hall–Kier alpha value is -2.39. The van der Waals surface area contributed by atoms with Crippen molar-refractivity contribution in [2.75, 3.05) is 27.2 Å². The molecule has 0 saturated carbocycles. The Bertz CT molecular complexity index is 744. The van der Waals surface area contributed by atoms with Crippen LogP contribution in [0.3, 0.4) is 0 Å². The third-order valence-electron chi connectivity index (χ3n) is 4.91. The maximum atomic E-state index is 12.7. The van der Waals surface area contributed by atoms with E-state index in [1.807, 2.05) is 48.5 Å². The van der Waals surface area contributed by atoms with Gasteiger partial charge < -0.3 is 9.64 Å². The Labute approximate surface area is 149 Å².